The van der Waals surface area contributed by atoms with Crippen LogP contribution in [0.3, 0.4) is 0 Å². The number of nitriles is 2. The van der Waals surface area contributed by atoms with Crippen molar-refractivity contribution in [2.24, 2.45) is 0 Å². The summed E-state index contributed by atoms with van der Waals surface area (Å²) >= 11 is 0. The number of methoxy groups -OCH3 is 1. The number of rotatable bonds is 5. The molecular formula is C23H21N3O2. The maximum atomic E-state index is 9.58. The maximum Gasteiger partial charge on any atom is 0.119 e. The molecule has 0 bridgehead atoms. The third kappa shape index (κ3) is 3.84. The van der Waals surface area contributed by atoms with Crippen LogP contribution in [0.25, 0.3) is 0 Å². The summed E-state index contributed by atoms with van der Waals surface area (Å²) in [4.78, 5) is 0. The predicted octanol–water partition coefficient (Wildman–Crippen LogP) is 4.56. The molecule has 5 heteroatoms. The van der Waals surface area contributed by atoms with E-state index in [0.717, 1.165) is 34.0 Å². The van der Waals surface area contributed by atoms with Gasteiger partial charge in [-0.15, -0.1) is 0 Å². The highest BCUT2D eigenvalue weighted by atomic mass is 16.5. The molecule has 1 heterocycles. The van der Waals surface area contributed by atoms with Crippen molar-refractivity contribution in [2.75, 3.05) is 7.11 Å². The van der Waals surface area contributed by atoms with Crippen LogP contribution in [0, 0.1) is 22.7 Å². The number of hydrogen-bond donors (Lipinski definition) is 1. The summed E-state index contributed by atoms with van der Waals surface area (Å²) in [5, 5.41) is 22.3. The second kappa shape index (κ2) is 8.33. The van der Waals surface area contributed by atoms with E-state index in [1.54, 1.807) is 7.11 Å². The topological polar surface area (TPSA) is 78.1 Å². The van der Waals surface area contributed by atoms with Gasteiger partial charge in [0.1, 0.15) is 18.1 Å². The van der Waals surface area contributed by atoms with Gasteiger partial charge in [-0.25, -0.2) is 0 Å². The molecule has 0 unspecified atom stereocenters. The molecule has 0 amide bonds. The van der Waals surface area contributed by atoms with Gasteiger partial charge < -0.3 is 14.8 Å². The first-order chi connectivity index (χ1) is 13.6. The first-order valence-corrected chi connectivity index (χ1v) is 8.91. The molecule has 0 atom stereocenters. The summed E-state index contributed by atoms with van der Waals surface area (Å²) in [5.41, 5.74) is 4.62. The zero-order chi connectivity index (χ0) is 20.1. The van der Waals surface area contributed by atoms with E-state index in [-0.39, 0.29) is 5.92 Å². The molecular weight excluding hydrogens is 350 g/mol. The number of nitrogens with one attached hydrogen (secondary N) is 1. The van der Waals surface area contributed by atoms with Crippen molar-refractivity contribution >= 4 is 0 Å². The van der Waals surface area contributed by atoms with Gasteiger partial charge >= 0.3 is 0 Å². The summed E-state index contributed by atoms with van der Waals surface area (Å²) in [6.07, 6.45) is 0. The first-order valence-electron chi connectivity index (χ1n) is 8.91. The highest BCUT2D eigenvalue weighted by Crippen LogP contribution is 2.37. The molecule has 5 nitrogen and oxygen atoms in total. The Labute approximate surface area is 165 Å². The highest BCUT2D eigenvalue weighted by molar-refractivity contribution is 5.55. The summed E-state index contributed by atoms with van der Waals surface area (Å²) in [5.74, 6) is 1.18. The van der Waals surface area contributed by atoms with Crippen LogP contribution in [-0.2, 0) is 6.61 Å². The lowest BCUT2D eigenvalue weighted by molar-refractivity contribution is 0.306. The average Bonchev–Trinajstić information content (AvgIpc) is 2.72. The summed E-state index contributed by atoms with van der Waals surface area (Å²) in [6, 6.07) is 19.8. The predicted molar refractivity (Wildman–Crippen MR) is 106 cm³/mol. The first kappa shape index (κ1) is 19.1. The van der Waals surface area contributed by atoms with Crippen molar-refractivity contribution in [1.82, 2.24) is 5.32 Å². The number of benzene rings is 2. The van der Waals surface area contributed by atoms with Crippen LogP contribution in [0.5, 0.6) is 11.5 Å². The van der Waals surface area contributed by atoms with Crippen molar-refractivity contribution in [3.05, 3.63) is 82.2 Å². The van der Waals surface area contributed by atoms with E-state index in [2.05, 4.69) is 17.5 Å². The minimum atomic E-state index is -0.355. The van der Waals surface area contributed by atoms with Crippen LogP contribution >= 0.6 is 0 Å². The van der Waals surface area contributed by atoms with Crippen LogP contribution in [0.1, 0.15) is 30.9 Å². The fourth-order valence-electron chi connectivity index (χ4n) is 3.27. The Morgan fingerprint density at radius 1 is 0.857 bits per heavy atom. The third-order valence-corrected chi connectivity index (χ3v) is 4.78. The Kier molecular flexibility index (Phi) is 5.67. The Morgan fingerprint density at radius 2 is 1.39 bits per heavy atom. The van der Waals surface area contributed by atoms with Gasteiger partial charge in [-0.1, -0.05) is 24.3 Å². The molecule has 0 saturated heterocycles. The monoisotopic (exact) mass is 371 g/mol. The average molecular weight is 371 g/mol. The molecule has 2 aromatic rings. The van der Waals surface area contributed by atoms with Crippen LogP contribution in [0.2, 0.25) is 0 Å². The van der Waals surface area contributed by atoms with Gasteiger partial charge in [0.2, 0.25) is 0 Å². The summed E-state index contributed by atoms with van der Waals surface area (Å²) in [7, 11) is 1.64. The number of ether oxygens (including phenoxy) is 2. The molecule has 0 fully saturated rings. The van der Waals surface area contributed by atoms with Crippen LogP contribution in [-0.4, -0.2) is 7.11 Å². The Hall–Kier alpha value is -3.70. The lowest BCUT2D eigenvalue weighted by Gasteiger charge is -2.26. The van der Waals surface area contributed by atoms with Crippen molar-refractivity contribution in [2.45, 2.75) is 26.4 Å². The minimum Gasteiger partial charge on any atom is -0.497 e. The maximum absolute atomic E-state index is 9.58. The van der Waals surface area contributed by atoms with Crippen LogP contribution in [0.4, 0.5) is 0 Å². The van der Waals surface area contributed by atoms with Gasteiger partial charge in [-0.05, 0) is 49.2 Å². The smallest absolute Gasteiger partial charge is 0.119 e. The molecule has 28 heavy (non-hydrogen) atoms. The quantitative estimate of drug-likeness (QED) is 0.834. The van der Waals surface area contributed by atoms with Gasteiger partial charge in [-0.3, -0.25) is 0 Å². The van der Waals surface area contributed by atoms with E-state index >= 15 is 0 Å². The summed E-state index contributed by atoms with van der Waals surface area (Å²) in [6.45, 7) is 4.16. The molecule has 0 aromatic heterocycles. The van der Waals surface area contributed by atoms with Gasteiger partial charge in [0.15, 0.2) is 0 Å². The minimum absolute atomic E-state index is 0.355. The number of allylic oxidation sites excluding steroid dienone is 4. The van der Waals surface area contributed by atoms with Gasteiger partial charge in [0.05, 0.1) is 36.3 Å². The van der Waals surface area contributed by atoms with E-state index in [1.807, 2.05) is 62.4 Å². The third-order valence-electron chi connectivity index (χ3n) is 4.78. The normalized spacial score (nSPS) is 14.2. The fraction of sp³-hybridized carbons (Fsp3) is 0.217. The second-order valence-electron chi connectivity index (χ2n) is 6.56. The second-order valence-corrected chi connectivity index (χ2v) is 6.56. The molecule has 1 N–H and O–H groups in total. The number of nitrogens with zero attached hydrogens (tertiary/aromatic N) is 2. The Bertz CT molecular complexity index is 968. The van der Waals surface area contributed by atoms with E-state index in [9.17, 15) is 10.5 Å². The van der Waals surface area contributed by atoms with E-state index in [1.165, 1.54) is 0 Å². The molecule has 140 valence electrons. The standard InChI is InChI=1S/C23H21N3O2/c1-15-21(12-24)23(22(13-25)16(2)26-15)18-6-10-20(11-7-18)28-14-17-4-8-19(27-3)9-5-17/h4-11,23,26H,14H2,1-3H3. The molecule has 1 aliphatic heterocycles. The number of dihydropyridines is 1. The zero-order valence-electron chi connectivity index (χ0n) is 16.1. The van der Waals surface area contributed by atoms with Crippen LogP contribution < -0.4 is 14.8 Å². The van der Waals surface area contributed by atoms with Crippen molar-refractivity contribution in [1.29, 1.82) is 10.5 Å². The van der Waals surface area contributed by atoms with Gasteiger partial charge in [0.25, 0.3) is 0 Å². The van der Waals surface area contributed by atoms with Crippen LogP contribution in [0.15, 0.2) is 71.1 Å². The van der Waals surface area contributed by atoms with Gasteiger partial charge in [-0.2, -0.15) is 10.5 Å². The molecule has 0 aliphatic carbocycles. The summed E-state index contributed by atoms with van der Waals surface area (Å²) < 4.78 is 11.0. The molecule has 0 spiro atoms. The van der Waals surface area contributed by atoms with E-state index in [4.69, 9.17) is 9.47 Å². The molecule has 0 saturated carbocycles. The van der Waals surface area contributed by atoms with Gasteiger partial charge in [0, 0.05) is 11.4 Å². The fourth-order valence-corrected chi connectivity index (χ4v) is 3.27. The SMILES string of the molecule is COc1ccc(COc2ccc(C3C(C#N)=C(C)NC(C)=C3C#N)cc2)cc1. The van der Waals surface area contributed by atoms with Crippen molar-refractivity contribution in [3.8, 4) is 23.6 Å². The van der Waals surface area contributed by atoms with E-state index in [0.29, 0.717) is 17.8 Å². The molecule has 3 rings (SSSR count). The van der Waals surface area contributed by atoms with Crippen molar-refractivity contribution in [3.63, 3.8) is 0 Å². The largest absolute Gasteiger partial charge is 0.497 e. The zero-order valence-corrected chi connectivity index (χ0v) is 16.1. The molecule has 1 aliphatic rings. The molecule has 2 aromatic carbocycles. The van der Waals surface area contributed by atoms with Crippen molar-refractivity contribution < 1.29 is 9.47 Å². The Morgan fingerprint density at radius 3 is 1.89 bits per heavy atom. The molecule has 0 radical (unpaired) electrons. The number of hydrogen-bond acceptors (Lipinski definition) is 5. The lowest BCUT2D eigenvalue weighted by Crippen LogP contribution is -2.23. The van der Waals surface area contributed by atoms with E-state index < -0.39 is 0 Å². The highest BCUT2D eigenvalue weighted by Gasteiger charge is 2.29. The Balaban J connectivity index is 1.78. The lowest BCUT2D eigenvalue weighted by atomic mass is 9.81.